The first-order valence-corrected chi connectivity index (χ1v) is 15.2. The molecule has 0 bridgehead atoms. The molecule has 0 unspecified atom stereocenters. The van der Waals surface area contributed by atoms with E-state index in [1.807, 2.05) is 6.92 Å². The number of hydrogen-bond donors (Lipinski definition) is 4. The minimum absolute atomic E-state index is 0.00274. The van der Waals surface area contributed by atoms with Crippen molar-refractivity contribution in [2.24, 2.45) is 28.6 Å². The molecular formula is C33H41NO9. The van der Waals surface area contributed by atoms with Crippen LogP contribution in [0.25, 0.3) is 0 Å². The Morgan fingerprint density at radius 2 is 1.77 bits per heavy atom. The first kappa shape index (κ1) is 31.1. The molecule has 4 aliphatic rings. The van der Waals surface area contributed by atoms with Gasteiger partial charge in [-0.3, -0.25) is 19.2 Å². The molecule has 0 aliphatic heterocycles. The monoisotopic (exact) mass is 595 g/mol. The van der Waals surface area contributed by atoms with Crippen LogP contribution in [-0.4, -0.2) is 63.0 Å². The average molecular weight is 596 g/mol. The van der Waals surface area contributed by atoms with Crippen molar-refractivity contribution in [3.63, 3.8) is 0 Å². The Hall–Kier alpha value is -3.37. The largest absolute Gasteiger partial charge is 0.479 e. The summed E-state index contributed by atoms with van der Waals surface area (Å²) in [6.45, 7) is 3.35. The molecule has 10 heteroatoms. The molecule has 0 saturated heterocycles. The minimum Gasteiger partial charge on any atom is -0.479 e. The Morgan fingerprint density at radius 3 is 2.47 bits per heavy atom. The van der Waals surface area contributed by atoms with E-state index >= 15 is 0 Å². The molecule has 3 saturated carbocycles. The Balaban J connectivity index is 1.18. The summed E-state index contributed by atoms with van der Waals surface area (Å²) < 4.78 is 5.18. The standard InChI is InChI=1S/C33H41NO9/c1-31-14-12-21(35)16-20(31)8-9-22-23-13-15-33(42,32(23,2)17-24(36)28(22)31)25(37)18-43-27(39)11-10-26(38)34-29(30(40)41)19-6-4-3-5-7-19/h3-7,16,22-24,28-29,36,42H,8-15,17-18H2,1-2H3,(H,34,38)(H,40,41)/t22-,23+,24+,28+,29-,31+,32+,33+/m1/s1. The second-order valence-electron chi connectivity index (χ2n) is 13.3. The third kappa shape index (κ3) is 5.44. The summed E-state index contributed by atoms with van der Waals surface area (Å²) >= 11 is 0. The first-order chi connectivity index (χ1) is 20.3. The van der Waals surface area contributed by atoms with Crippen molar-refractivity contribution in [2.45, 2.75) is 89.4 Å². The fraction of sp³-hybridized carbons (Fsp3) is 0.606. The molecule has 1 aromatic carbocycles. The SMILES string of the molecule is C[C@]12CCC(=O)C=C1CC[C@H]1[C@H]2[C@@H](O)C[C@@]2(C)[C@H]1CC[C@]2(O)C(=O)COC(=O)CCC(=O)N[C@@H](C(=O)O)c1ccccc1. The predicted octanol–water partition coefficient (Wildman–Crippen LogP) is 3.05. The molecule has 0 heterocycles. The van der Waals surface area contributed by atoms with Crippen LogP contribution in [0.4, 0.5) is 0 Å². The van der Waals surface area contributed by atoms with Gasteiger partial charge in [0.1, 0.15) is 5.60 Å². The summed E-state index contributed by atoms with van der Waals surface area (Å²) in [5, 5.41) is 35.2. The number of carbonyl (C=O) groups is 5. The van der Waals surface area contributed by atoms with E-state index in [2.05, 4.69) is 12.2 Å². The van der Waals surface area contributed by atoms with Crippen molar-refractivity contribution in [3.05, 3.63) is 47.5 Å². The Morgan fingerprint density at radius 1 is 1.05 bits per heavy atom. The number of amides is 1. The van der Waals surface area contributed by atoms with Crippen molar-refractivity contribution >= 4 is 29.4 Å². The van der Waals surface area contributed by atoms with E-state index in [1.54, 1.807) is 36.4 Å². The van der Waals surface area contributed by atoms with E-state index < -0.39 is 53.4 Å². The molecule has 1 amide bonds. The van der Waals surface area contributed by atoms with Crippen molar-refractivity contribution in [1.82, 2.24) is 5.32 Å². The quantitative estimate of drug-likeness (QED) is 0.314. The number of fused-ring (bicyclic) bond motifs is 5. The fourth-order valence-corrected chi connectivity index (χ4v) is 8.87. The van der Waals surface area contributed by atoms with Gasteiger partial charge in [-0.05, 0) is 73.3 Å². The number of rotatable bonds is 9. The van der Waals surface area contributed by atoms with Crippen LogP contribution in [0.2, 0.25) is 0 Å². The van der Waals surface area contributed by atoms with Crippen LogP contribution in [0.3, 0.4) is 0 Å². The second kappa shape index (κ2) is 11.6. The van der Waals surface area contributed by atoms with Gasteiger partial charge in [-0.25, -0.2) is 4.79 Å². The van der Waals surface area contributed by atoms with Crippen LogP contribution in [0.15, 0.2) is 42.0 Å². The van der Waals surface area contributed by atoms with Gasteiger partial charge in [-0.15, -0.1) is 0 Å². The maximum Gasteiger partial charge on any atom is 0.330 e. The predicted molar refractivity (Wildman–Crippen MR) is 153 cm³/mol. The van der Waals surface area contributed by atoms with Crippen LogP contribution in [0.5, 0.6) is 0 Å². The van der Waals surface area contributed by atoms with Gasteiger partial charge in [0.05, 0.1) is 12.5 Å². The summed E-state index contributed by atoms with van der Waals surface area (Å²) in [6.07, 6.45) is 4.07. The number of aliphatic hydroxyl groups excluding tert-OH is 1. The lowest BCUT2D eigenvalue weighted by molar-refractivity contribution is -0.184. The van der Waals surface area contributed by atoms with E-state index in [0.29, 0.717) is 24.8 Å². The second-order valence-corrected chi connectivity index (χ2v) is 13.3. The molecule has 232 valence electrons. The number of esters is 1. The van der Waals surface area contributed by atoms with Crippen LogP contribution >= 0.6 is 0 Å². The highest BCUT2D eigenvalue weighted by Gasteiger charge is 2.68. The maximum absolute atomic E-state index is 13.4. The Bertz CT molecular complexity index is 1340. The van der Waals surface area contributed by atoms with Crippen molar-refractivity contribution in [2.75, 3.05) is 6.61 Å². The number of aliphatic carboxylic acids is 1. The van der Waals surface area contributed by atoms with E-state index in [0.717, 1.165) is 18.4 Å². The van der Waals surface area contributed by atoms with Crippen molar-refractivity contribution in [1.29, 1.82) is 0 Å². The van der Waals surface area contributed by atoms with Gasteiger partial charge in [0.15, 0.2) is 18.4 Å². The van der Waals surface area contributed by atoms with Gasteiger partial charge in [-0.2, -0.15) is 0 Å². The van der Waals surface area contributed by atoms with E-state index in [-0.39, 0.29) is 54.6 Å². The number of nitrogens with one attached hydrogen (secondary N) is 1. The maximum atomic E-state index is 13.4. The molecular weight excluding hydrogens is 554 g/mol. The zero-order valence-corrected chi connectivity index (χ0v) is 24.7. The number of carboxylic acids is 1. The molecule has 43 heavy (non-hydrogen) atoms. The van der Waals surface area contributed by atoms with Gasteiger partial charge in [0.2, 0.25) is 11.7 Å². The van der Waals surface area contributed by atoms with Gasteiger partial charge in [0, 0.05) is 18.3 Å². The summed E-state index contributed by atoms with van der Waals surface area (Å²) in [5.74, 6) is -3.16. The topological polar surface area (TPSA) is 167 Å². The van der Waals surface area contributed by atoms with Gasteiger partial charge in [-0.1, -0.05) is 49.8 Å². The van der Waals surface area contributed by atoms with E-state index in [1.165, 1.54) is 0 Å². The molecule has 10 nitrogen and oxygen atoms in total. The molecule has 8 atom stereocenters. The van der Waals surface area contributed by atoms with Crippen LogP contribution in [0, 0.1) is 28.6 Å². The smallest absolute Gasteiger partial charge is 0.330 e. The Kier molecular flexibility index (Phi) is 8.39. The summed E-state index contributed by atoms with van der Waals surface area (Å²) in [4.78, 5) is 62.0. The van der Waals surface area contributed by atoms with Crippen molar-refractivity contribution < 1.29 is 44.0 Å². The third-order valence-electron chi connectivity index (χ3n) is 11.1. The van der Waals surface area contributed by atoms with Gasteiger partial charge < -0.3 is 25.4 Å². The van der Waals surface area contributed by atoms with Crippen LogP contribution < -0.4 is 5.32 Å². The highest BCUT2D eigenvalue weighted by Crippen LogP contribution is 2.67. The summed E-state index contributed by atoms with van der Waals surface area (Å²) in [6, 6.07) is 6.91. The van der Waals surface area contributed by atoms with Gasteiger partial charge >= 0.3 is 11.9 Å². The average Bonchev–Trinajstić information content (AvgIpc) is 3.24. The Labute approximate surface area is 250 Å². The van der Waals surface area contributed by atoms with Crippen LogP contribution in [-0.2, 0) is 28.7 Å². The number of allylic oxidation sites excluding steroid dienone is 1. The first-order valence-electron chi connectivity index (χ1n) is 15.2. The van der Waals surface area contributed by atoms with Crippen LogP contribution in [0.1, 0.15) is 83.2 Å². The van der Waals surface area contributed by atoms with Gasteiger partial charge in [0.25, 0.3) is 0 Å². The summed E-state index contributed by atoms with van der Waals surface area (Å²) in [5.41, 5.74) is -1.46. The molecule has 0 radical (unpaired) electrons. The highest BCUT2D eigenvalue weighted by molar-refractivity contribution is 5.92. The zero-order valence-electron chi connectivity index (χ0n) is 24.7. The molecule has 1 aromatic rings. The number of Topliss-reactive ketones (excluding diaryl/α,β-unsaturated/α-hetero) is 1. The highest BCUT2D eigenvalue weighted by atomic mass is 16.5. The lowest BCUT2D eigenvalue weighted by atomic mass is 9.45. The lowest BCUT2D eigenvalue weighted by Crippen LogP contribution is -2.62. The number of ether oxygens (including phenoxy) is 1. The number of hydrogen-bond acceptors (Lipinski definition) is 8. The number of aliphatic hydroxyl groups is 2. The lowest BCUT2D eigenvalue weighted by Gasteiger charge is -2.60. The minimum atomic E-state index is -1.77. The van der Waals surface area contributed by atoms with Crippen molar-refractivity contribution in [3.8, 4) is 0 Å². The molecule has 3 fully saturated rings. The van der Waals surface area contributed by atoms with E-state index in [9.17, 15) is 39.3 Å². The molecule has 4 aliphatic carbocycles. The zero-order chi connectivity index (χ0) is 31.2. The number of benzene rings is 1. The fourth-order valence-electron chi connectivity index (χ4n) is 8.87. The summed E-state index contributed by atoms with van der Waals surface area (Å²) in [7, 11) is 0. The third-order valence-corrected chi connectivity index (χ3v) is 11.1. The van der Waals surface area contributed by atoms with E-state index in [4.69, 9.17) is 4.74 Å². The molecule has 0 spiro atoms. The molecule has 0 aromatic heterocycles. The number of carboxylic acid groups (broad SMARTS) is 1. The number of carbonyl (C=O) groups excluding carboxylic acids is 4. The number of ketones is 2. The molecule has 5 rings (SSSR count). The molecule has 4 N–H and O–H groups in total. The normalized spacial score (nSPS) is 35.4.